The Balaban J connectivity index is 0.000000219. The summed E-state index contributed by atoms with van der Waals surface area (Å²) >= 11 is 0. The Kier molecular flexibility index (Phi) is 7.47. The first kappa shape index (κ1) is 26.0. The number of H-pyrrole nitrogens is 1. The molecule has 0 bridgehead atoms. The van der Waals surface area contributed by atoms with Crippen LogP contribution >= 0.6 is 0 Å². The largest absolute Gasteiger partial charge is 0.368 e. The number of rotatable bonds is 3. The van der Waals surface area contributed by atoms with Gasteiger partial charge >= 0.3 is 0 Å². The lowest BCUT2D eigenvalue weighted by Crippen LogP contribution is -2.49. The van der Waals surface area contributed by atoms with Crippen molar-refractivity contribution in [2.75, 3.05) is 37.6 Å². The van der Waals surface area contributed by atoms with E-state index < -0.39 is 0 Å². The van der Waals surface area contributed by atoms with E-state index in [1.54, 1.807) is 11.6 Å². The lowest BCUT2D eigenvalue weighted by Gasteiger charge is -2.36. The van der Waals surface area contributed by atoms with Crippen molar-refractivity contribution in [1.29, 1.82) is 0 Å². The Morgan fingerprint density at radius 1 is 0.950 bits per heavy atom. The van der Waals surface area contributed by atoms with Gasteiger partial charge in [-0.3, -0.25) is 9.59 Å². The lowest BCUT2D eigenvalue weighted by molar-refractivity contribution is -0.131. The van der Waals surface area contributed by atoms with Crippen LogP contribution in [0.25, 0.3) is 27.2 Å². The quantitative estimate of drug-likeness (QED) is 0.394. The van der Waals surface area contributed by atoms with Crippen molar-refractivity contribution in [3.63, 3.8) is 0 Å². The number of piperazine rings is 1. The summed E-state index contributed by atoms with van der Waals surface area (Å²) in [7, 11) is 0. The molecule has 7 rings (SSSR count). The summed E-state index contributed by atoms with van der Waals surface area (Å²) in [5, 5.41) is 3.36. The van der Waals surface area contributed by atoms with Gasteiger partial charge in [0.05, 0.1) is 17.2 Å². The second-order valence-electron chi connectivity index (χ2n) is 10.6. The predicted molar refractivity (Wildman–Crippen MR) is 162 cm³/mol. The average Bonchev–Trinajstić information content (AvgIpc) is 3.01. The number of benzene rings is 3. The van der Waals surface area contributed by atoms with E-state index in [9.17, 15) is 9.59 Å². The monoisotopic (exact) mass is 533 g/mol. The summed E-state index contributed by atoms with van der Waals surface area (Å²) in [4.78, 5) is 34.0. The summed E-state index contributed by atoms with van der Waals surface area (Å²) in [6, 6.07) is 18.8. The zero-order chi connectivity index (χ0) is 27.5. The van der Waals surface area contributed by atoms with Crippen LogP contribution in [-0.2, 0) is 11.2 Å². The van der Waals surface area contributed by atoms with Crippen molar-refractivity contribution in [3.05, 3.63) is 100 Å². The minimum Gasteiger partial charge on any atom is -0.368 e. The zero-order valence-electron chi connectivity index (χ0n) is 22.7. The highest BCUT2D eigenvalue weighted by atomic mass is 16.2. The smallest absolute Gasteiger partial charge is 0.258 e. The van der Waals surface area contributed by atoms with Gasteiger partial charge in [0.15, 0.2) is 0 Å². The highest BCUT2D eigenvalue weighted by Gasteiger charge is 2.23. The maximum Gasteiger partial charge on any atom is 0.258 e. The number of fused-ring (bicyclic) bond motifs is 5. The molecular formula is C33H35N5O2. The molecule has 2 aliphatic carbocycles. The van der Waals surface area contributed by atoms with Crippen LogP contribution < -0.4 is 16.2 Å². The van der Waals surface area contributed by atoms with Crippen molar-refractivity contribution in [3.8, 4) is 0 Å². The van der Waals surface area contributed by atoms with Crippen LogP contribution in [-0.4, -0.2) is 53.5 Å². The third-order valence-corrected chi connectivity index (χ3v) is 8.26. The van der Waals surface area contributed by atoms with Crippen molar-refractivity contribution in [2.24, 2.45) is 5.73 Å². The molecule has 3 aliphatic rings. The van der Waals surface area contributed by atoms with Crippen LogP contribution in [0.4, 0.5) is 5.69 Å². The minimum absolute atomic E-state index is 0.0874. The number of aromatic amines is 1. The van der Waals surface area contributed by atoms with Crippen molar-refractivity contribution >= 4 is 38.8 Å². The molecule has 2 heterocycles. The zero-order valence-corrected chi connectivity index (χ0v) is 22.7. The molecule has 1 amide bonds. The summed E-state index contributed by atoms with van der Waals surface area (Å²) < 4.78 is 0. The van der Waals surface area contributed by atoms with Gasteiger partial charge in [0.2, 0.25) is 5.91 Å². The predicted octanol–water partition coefficient (Wildman–Crippen LogP) is 4.81. The summed E-state index contributed by atoms with van der Waals surface area (Å²) in [5.74, 6) is 0.183. The van der Waals surface area contributed by atoms with E-state index in [-0.39, 0.29) is 11.5 Å². The highest BCUT2D eigenvalue weighted by molar-refractivity contribution is 5.95. The van der Waals surface area contributed by atoms with Crippen LogP contribution in [0.5, 0.6) is 0 Å². The third kappa shape index (κ3) is 5.17. The number of amides is 1. The van der Waals surface area contributed by atoms with E-state index in [2.05, 4.69) is 57.4 Å². The number of hydrogen-bond donors (Lipinski definition) is 2. The maximum atomic E-state index is 12.1. The van der Waals surface area contributed by atoms with Gasteiger partial charge in [-0.05, 0) is 77.4 Å². The molecule has 1 aliphatic heterocycles. The van der Waals surface area contributed by atoms with Gasteiger partial charge in [0.25, 0.3) is 5.56 Å². The number of allylic oxidation sites excluding steroid dienone is 4. The topological polar surface area (TPSA) is 95.3 Å². The Labute approximate surface area is 234 Å². The minimum atomic E-state index is -0.0874. The van der Waals surface area contributed by atoms with Crippen LogP contribution in [0.2, 0.25) is 0 Å². The van der Waals surface area contributed by atoms with Gasteiger partial charge in [-0.2, -0.15) is 0 Å². The van der Waals surface area contributed by atoms with Gasteiger partial charge in [0, 0.05) is 44.8 Å². The Bertz CT molecular complexity index is 1670. The van der Waals surface area contributed by atoms with Gasteiger partial charge in [-0.15, -0.1) is 0 Å². The number of aryl methyl sites for hydroxylation is 1. The number of para-hydroxylation sites is 1. The first-order chi connectivity index (χ1) is 19.6. The number of carbonyl (C=O) groups excluding carboxylic acids is 1. The number of aromatic nitrogens is 2. The molecule has 0 radical (unpaired) electrons. The van der Waals surface area contributed by atoms with E-state index in [1.165, 1.54) is 58.7 Å². The van der Waals surface area contributed by atoms with Gasteiger partial charge < -0.3 is 20.5 Å². The molecule has 3 aromatic carbocycles. The molecule has 3 N–H and O–H groups in total. The molecule has 0 saturated carbocycles. The fourth-order valence-corrected chi connectivity index (χ4v) is 6.14. The number of hydrogen-bond acceptors (Lipinski definition) is 5. The van der Waals surface area contributed by atoms with E-state index in [1.807, 2.05) is 23.1 Å². The number of anilines is 1. The fourth-order valence-electron chi connectivity index (χ4n) is 6.14. The molecule has 0 spiro atoms. The Morgan fingerprint density at radius 3 is 2.62 bits per heavy atom. The van der Waals surface area contributed by atoms with E-state index >= 15 is 0 Å². The van der Waals surface area contributed by atoms with Crippen LogP contribution in [0.1, 0.15) is 36.8 Å². The summed E-state index contributed by atoms with van der Waals surface area (Å²) in [6.07, 6.45) is 11.3. The van der Waals surface area contributed by atoms with E-state index in [0.717, 1.165) is 38.1 Å². The third-order valence-electron chi connectivity index (χ3n) is 8.26. The summed E-state index contributed by atoms with van der Waals surface area (Å²) in [6.45, 7) is 3.76. The lowest BCUT2D eigenvalue weighted by atomic mass is 9.79. The molecular weight excluding hydrogens is 498 g/mol. The average molecular weight is 534 g/mol. The molecule has 204 valence electrons. The fraction of sp³-hybridized carbons (Fsp3) is 0.303. The molecule has 4 aromatic rings. The van der Waals surface area contributed by atoms with Crippen LogP contribution in [0, 0.1) is 0 Å². The Hall–Kier alpha value is -4.23. The Morgan fingerprint density at radius 2 is 1.80 bits per heavy atom. The van der Waals surface area contributed by atoms with Crippen molar-refractivity contribution < 1.29 is 4.79 Å². The first-order valence-electron chi connectivity index (χ1n) is 14.2. The first-order valence-corrected chi connectivity index (χ1v) is 14.2. The molecule has 1 aromatic heterocycles. The molecule has 1 saturated heterocycles. The number of carbonyl (C=O) groups is 1. The maximum absolute atomic E-state index is 12.1. The van der Waals surface area contributed by atoms with Crippen molar-refractivity contribution in [1.82, 2.24) is 14.9 Å². The van der Waals surface area contributed by atoms with Gasteiger partial charge in [-0.25, -0.2) is 4.98 Å². The second kappa shape index (κ2) is 11.5. The number of nitrogens with one attached hydrogen (secondary N) is 1. The molecule has 0 atom stereocenters. The molecule has 1 fully saturated rings. The second-order valence-corrected chi connectivity index (χ2v) is 10.6. The van der Waals surface area contributed by atoms with E-state index in [0.29, 0.717) is 18.4 Å². The SMILES string of the molecule is NCCC(=O)N1CCN(c2ccc3c4c(ccc3c2)C2=C(CCC=C2)CC4)CC1.O=c1[nH]cnc2ccccc12. The molecule has 7 heteroatoms. The number of nitrogens with two attached hydrogens (primary N) is 1. The van der Waals surface area contributed by atoms with E-state index in [4.69, 9.17) is 5.73 Å². The van der Waals surface area contributed by atoms with Crippen LogP contribution in [0.15, 0.2) is 83.4 Å². The van der Waals surface area contributed by atoms with Gasteiger partial charge in [0.1, 0.15) is 0 Å². The van der Waals surface area contributed by atoms with Crippen LogP contribution in [0.3, 0.4) is 0 Å². The van der Waals surface area contributed by atoms with Crippen molar-refractivity contribution in [2.45, 2.75) is 32.1 Å². The molecule has 7 nitrogen and oxygen atoms in total. The highest BCUT2D eigenvalue weighted by Crippen LogP contribution is 2.40. The normalized spacial score (nSPS) is 16.4. The number of nitrogens with zero attached hydrogens (tertiary/aromatic N) is 3. The molecule has 0 unspecified atom stereocenters. The summed E-state index contributed by atoms with van der Waals surface area (Å²) in [5.41, 5.74) is 13.5. The molecule has 40 heavy (non-hydrogen) atoms. The standard InChI is InChI=1S/C25H29N3O.C8H6N2O/c26-12-11-25(29)28-15-13-27(14-16-28)20-7-10-22-19(17-20)6-9-23-21-4-2-1-3-18(21)5-8-24(22)23;11-8-6-3-1-2-4-7(6)9-5-10-8/h2,4,6-7,9-10,17H,1,3,5,8,11-16,26H2;1-5H,(H,9,10,11). The van der Waals surface area contributed by atoms with Gasteiger partial charge in [-0.1, -0.05) is 48.1 Å².